The van der Waals surface area contributed by atoms with Crippen LogP contribution in [0.4, 0.5) is 0 Å². The number of rotatable bonds is 6. The summed E-state index contributed by atoms with van der Waals surface area (Å²) in [5, 5.41) is 0.547. The summed E-state index contributed by atoms with van der Waals surface area (Å²) >= 11 is 3.20. The van der Waals surface area contributed by atoms with Gasteiger partial charge in [-0.15, -0.1) is 0 Å². The predicted molar refractivity (Wildman–Crippen MR) is 76.1 cm³/mol. The molecule has 1 aliphatic rings. The Labute approximate surface area is 136 Å². The number of alkyl halides is 1. The van der Waals surface area contributed by atoms with Gasteiger partial charge in [-0.1, -0.05) is 15.9 Å². The van der Waals surface area contributed by atoms with Gasteiger partial charge in [0.25, 0.3) is 0 Å². The summed E-state index contributed by atoms with van der Waals surface area (Å²) < 4.78 is 26.3. The molecule has 8 nitrogen and oxygen atoms in total. The lowest BCUT2D eigenvalue weighted by atomic mass is 10.0. The van der Waals surface area contributed by atoms with E-state index >= 15 is 0 Å². The van der Waals surface area contributed by atoms with E-state index in [-0.39, 0.29) is 6.61 Å². The van der Waals surface area contributed by atoms with E-state index in [1.54, 1.807) is 0 Å². The minimum atomic E-state index is -1.03. The molecule has 1 aliphatic heterocycles. The SMILES string of the molecule is CC(=O)O[C@H]1[C@H](OC(C)=O)COC(OCCBr)[C@@H]1OC(C)=O. The molecule has 126 valence electrons. The molecule has 1 unspecified atom stereocenters. The highest BCUT2D eigenvalue weighted by atomic mass is 79.9. The van der Waals surface area contributed by atoms with Crippen molar-refractivity contribution < 1.29 is 38.1 Å². The molecule has 1 rings (SSSR count). The molecule has 4 atom stereocenters. The van der Waals surface area contributed by atoms with E-state index in [1.165, 1.54) is 20.8 Å². The molecule has 0 spiro atoms. The van der Waals surface area contributed by atoms with Crippen LogP contribution in [0.15, 0.2) is 0 Å². The maximum atomic E-state index is 11.3. The standard InChI is InChI=1S/C13H19BrO8/c1-7(15)20-10-6-19-13(18-5-4-14)12(22-9(3)17)11(10)21-8(2)16/h10-13H,4-6H2,1-3H3/t10-,11+,12-,13?/m1/s1. The second-order valence-electron chi connectivity index (χ2n) is 4.56. The highest BCUT2D eigenvalue weighted by Gasteiger charge is 2.47. The maximum Gasteiger partial charge on any atom is 0.303 e. The van der Waals surface area contributed by atoms with Gasteiger partial charge in [0.15, 0.2) is 24.6 Å². The van der Waals surface area contributed by atoms with E-state index in [9.17, 15) is 14.4 Å². The third-order valence-corrected chi connectivity index (χ3v) is 2.99. The van der Waals surface area contributed by atoms with Gasteiger partial charge in [0.2, 0.25) is 0 Å². The number of esters is 3. The van der Waals surface area contributed by atoms with E-state index in [4.69, 9.17) is 23.7 Å². The summed E-state index contributed by atoms with van der Waals surface area (Å²) in [6, 6.07) is 0. The van der Waals surface area contributed by atoms with Crippen LogP contribution in [0.3, 0.4) is 0 Å². The number of hydrogen-bond acceptors (Lipinski definition) is 8. The summed E-state index contributed by atoms with van der Waals surface area (Å²) in [6.07, 6.45) is -3.83. The molecule has 1 heterocycles. The quantitative estimate of drug-likeness (QED) is 0.373. The second kappa shape index (κ2) is 9.06. The Morgan fingerprint density at radius 2 is 1.55 bits per heavy atom. The average Bonchev–Trinajstić information content (AvgIpc) is 2.40. The van der Waals surface area contributed by atoms with Crippen molar-refractivity contribution in [2.45, 2.75) is 45.4 Å². The largest absolute Gasteiger partial charge is 0.456 e. The lowest BCUT2D eigenvalue weighted by molar-refractivity contribution is -0.279. The number of carbonyl (C=O) groups excluding carboxylic acids is 3. The van der Waals surface area contributed by atoms with Crippen molar-refractivity contribution in [1.82, 2.24) is 0 Å². The van der Waals surface area contributed by atoms with E-state index in [2.05, 4.69) is 15.9 Å². The molecule has 0 N–H and O–H groups in total. The van der Waals surface area contributed by atoms with Crippen LogP contribution in [0.2, 0.25) is 0 Å². The van der Waals surface area contributed by atoms with Crippen LogP contribution in [0.1, 0.15) is 20.8 Å². The van der Waals surface area contributed by atoms with Gasteiger partial charge in [-0.05, 0) is 0 Å². The summed E-state index contributed by atoms with van der Waals surface area (Å²) in [5.74, 6) is -1.76. The molecule has 0 radical (unpaired) electrons. The summed E-state index contributed by atoms with van der Waals surface area (Å²) in [5.41, 5.74) is 0. The molecule has 0 amide bonds. The third kappa shape index (κ3) is 5.90. The Kier molecular flexibility index (Phi) is 7.77. The fourth-order valence-corrected chi connectivity index (χ4v) is 2.20. The van der Waals surface area contributed by atoms with E-state index in [1.807, 2.05) is 0 Å². The van der Waals surface area contributed by atoms with Crippen molar-refractivity contribution >= 4 is 33.8 Å². The normalized spacial score (nSPS) is 27.8. The molecular formula is C13H19BrO8. The van der Waals surface area contributed by atoms with Gasteiger partial charge in [0.1, 0.15) is 0 Å². The van der Waals surface area contributed by atoms with Crippen molar-refractivity contribution in [3.8, 4) is 0 Å². The Bertz CT molecular complexity index is 413. The minimum absolute atomic E-state index is 0.0394. The molecule has 0 aromatic rings. The van der Waals surface area contributed by atoms with Crippen molar-refractivity contribution in [3.05, 3.63) is 0 Å². The Morgan fingerprint density at radius 1 is 1.00 bits per heavy atom. The molecule has 1 saturated heterocycles. The van der Waals surface area contributed by atoms with Gasteiger partial charge < -0.3 is 23.7 Å². The van der Waals surface area contributed by atoms with Crippen LogP contribution < -0.4 is 0 Å². The Morgan fingerprint density at radius 3 is 2.05 bits per heavy atom. The minimum Gasteiger partial charge on any atom is -0.456 e. The molecular weight excluding hydrogens is 364 g/mol. The van der Waals surface area contributed by atoms with Crippen LogP contribution >= 0.6 is 15.9 Å². The zero-order valence-corrected chi connectivity index (χ0v) is 14.2. The molecule has 22 heavy (non-hydrogen) atoms. The molecule has 0 aromatic heterocycles. The Hall–Kier alpha value is -1.19. The number of halogens is 1. The first-order chi connectivity index (χ1) is 10.3. The lowest BCUT2D eigenvalue weighted by Crippen LogP contribution is -2.58. The topological polar surface area (TPSA) is 97.4 Å². The zero-order valence-electron chi connectivity index (χ0n) is 12.6. The zero-order chi connectivity index (χ0) is 16.7. The van der Waals surface area contributed by atoms with Gasteiger partial charge in [0.05, 0.1) is 13.2 Å². The predicted octanol–water partition coefficient (Wildman–Crippen LogP) is 0.549. The van der Waals surface area contributed by atoms with Crippen LogP contribution in [0, 0.1) is 0 Å². The van der Waals surface area contributed by atoms with Gasteiger partial charge in [-0.25, -0.2) is 0 Å². The van der Waals surface area contributed by atoms with Crippen LogP contribution in [0.5, 0.6) is 0 Å². The fraction of sp³-hybridized carbons (Fsp3) is 0.769. The van der Waals surface area contributed by atoms with Gasteiger partial charge >= 0.3 is 17.9 Å². The maximum absolute atomic E-state index is 11.3. The highest BCUT2D eigenvalue weighted by Crippen LogP contribution is 2.25. The first kappa shape index (κ1) is 18.9. The van der Waals surface area contributed by atoms with Crippen molar-refractivity contribution in [2.75, 3.05) is 18.5 Å². The summed E-state index contributed by atoms with van der Waals surface area (Å²) in [4.78, 5) is 33.8. The van der Waals surface area contributed by atoms with Crippen LogP contribution in [-0.4, -0.2) is 61.1 Å². The molecule has 9 heteroatoms. The monoisotopic (exact) mass is 382 g/mol. The number of carbonyl (C=O) groups is 3. The van der Waals surface area contributed by atoms with Crippen LogP contribution in [0.25, 0.3) is 0 Å². The molecule has 0 bridgehead atoms. The van der Waals surface area contributed by atoms with Gasteiger partial charge in [-0.3, -0.25) is 14.4 Å². The van der Waals surface area contributed by atoms with E-state index < -0.39 is 42.5 Å². The number of ether oxygens (including phenoxy) is 5. The van der Waals surface area contributed by atoms with Crippen molar-refractivity contribution in [1.29, 1.82) is 0 Å². The Balaban J connectivity index is 2.95. The summed E-state index contributed by atoms with van der Waals surface area (Å²) in [6.45, 7) is 3.90. The molecule has 0 saturated carbocycles. The lowest BCUT2D eigenvalue weighted by Gasteiger charge is -2.40. The van der Waals surface area contributed by atoms with E-state index in [0.29, 0.717) is 11.9 Å². The third-order valence-electron chi connectivity index (χ3n) is 2.66. The molecule has 0 aromatic carbocycles. The van der Waals surface area contributed by atoms with Gasteiger partial charge in [-0.2, -0.15) is 0 Å². The van der Waals surface area contributed by atoms with Crippen molar-refractivity contribution in [2.24, 2.45) is 0 Å². The average molecular weight is 383 g/mol. The van der Waals surface area contributed by atoms with E-state index in [0.717, 1.165) is 0 Å². The summed E-state index contributed by atoms with van der Waals surface area (Å²) in [7, 11) is 0. The van der Waals surface area contributed by atoms with Crippen LogP contribution in [-0.2, 0) is 38.1 Å². The first-order valence-electron chi connectivity index (χ1n) is 6.66. The van der Waals surface area contributed by atoms with Gasteiger partial charge in [0, 0.05) is 26.1 Å². The number of hydrogen-bond donors (Lipinski definition) is 0. The smallest absolute Gasteiger partial charge is 0.303 e. The fourth-order valence-electron chi connectivity index (χ4n) is 2.01. The molecule has 0 aliphatic carbocycles. The van der Waals surface area contributed by atoms with Crippen molar-refractivity contribution in [3.63, 3.8) is 0 Å². The second-order valence-corrected chi connectivity index (χ2v) is 5.35. The first-order valence-corrected chi connectivity index (χ1v) is 7.78. The highest BCUT2D eigenvalue weighted by molar-refractivity contribution is 9.09. The molecule has 1 fully saturated rings.